The summed E-state index contributed by atoms with van der Waals surface area (Å²) in [6, 6.07) is 1.86. The summed E-state index contributed by atoms with van der Waals surface area (Å²) in [5, 5.41) is 7.37. The van der Waals surface area contributed by atoms with Crippen LogP contribution in [0.4, 0.5) is 0 Å². The number of hydrogen-bond acceptors (Lipinski definition) is 5. The SMILES string of the molecule is Cc1noc2nc(C3CC3)cc(C(=O)NCCN)c12.Cl. The molecular weight excluding hydrogens is 280 g/mol. The number of nitrogens with two attached hydrogens (primary N) is 1. The average molecular weight is 297 g/mol. The Kier molecular flexibility index (Phi) is 4.25. The lowest BCUT2D eigenvalue weighted by Gasteiger charge is -2.06. The van der Waals surface area contributed by atoms with Crippen molar-refractivity contribution < 1.29 is 9.32 Å². The molecule has 1 aliphatic carbocycles. The van der Waals surface area contributed by atoms with Crippen LogP contribution in [0.3, 0.4) is 0 Å². The summed E-state index contributed by atoms with van der Waals surface area (Å²) < 4.78 is 5.20. The first-order valence-electron chi connectivity index (χ1n) is 6.46. The molecule has 3 rings (SSSR count). The number of fused-ring (bicyclic) bond motifs is 1. The number of nitrogens with one attached hydrogen (secondary N) is 1. The lowest BCUT2D eigenvalue weighted by atomic mass is 10.1. The molecule has 0 bridgehead atoms. The third kappa shape index (κ3) is 2.62. The van der Waals surface area contributed by atoms with Crippen LogP contribution in [0.1, 0.15) is 40.5 Å². The van der Waals surface area contributed by atoms with E-state index in [0.29, 0.717) is 41.4 Å². The third-order valence-corrected chi connectivity index (χ3v) is 3.31. The maximum Gasteiger partial charge on any atom is 0.259 e. The van der Waals surface area contributed by atoms with Gasteiger partial charge in [0.05, 0.1) is 16.6 Å². The molecule has 0 atom stereocenters. The van der Waals surface area contributed by atoms with E-state index >= 15 is 0 Å². The van der Waals surface area contributed by atoms with Crippen LogP contribution in [0.15, 0.2) is 10.6 Å². The van der Waals surface area contributed by atoms with E-state index in [-0.39, 0.29) is 18.3 Å². The van der Waals surface area contributed by atoms with Crippen molar-refractivity contribution >= 4 is 29.4 Å². The number of nitrogens with zero attached hydrogens (tertiary/aromatic N) is 2. The van der Waals surface area contributed by atoms with Crippen molar-refractivity contribution in [2.45, 2.75) is 25.7 Å². The van der Waals surface area contributed by atoms with Gasteiger partial charge < -0.3 is 15.6 Å². The van der Waals surface area contributed by atoms with Gasteiger partial charge in [0, 0.05) is 24.7 Å². The highest BCUT2D eigenvalue weighted by Gasteiger charge is 2.28. The Morgan fingerprint density at radius 1 is 1.55 bits per heavy atom. The number of halogens is 1. The fourth-order valence-electron chi connectivity index (χ4n) is 2.16. The van der Waals surface area contributed by atoms with Crippen LogP contribution in [0.25, 0.3) is 11.1 Å². The fraction of sp³-hybridized carbons (Fsp3) is 0.462. The van der Waals surface area contributed by atoms with Crippen LogP contribution in [0.2, 0.25) is 0 Å². The summed E-state index contributed by atoms with van der Waals surface area (Å²) in [5.74, 6) is 0.307. The highest BCUT2D eigenvalue weighted by atomic mass is 35.5. The Morgan fingerprint density at radius 2 is 2.30 bits per heavy atom. The minimum atomic E-state index is -0.147. The molecule has 2 aromatic heterocycles. The fourth-order valence-corrected chi connectivity index (χ4v) is 2.16. The van der Waals surface area contributed by atoms with Crippen molar-refractivity contribution in [2.75, 3.05) is 13.1 Å². The largest absolute Gasteiger partial charge is 0.351 e. The van der Waals surface area contributed by atoms with Gasteiger partial charge in [-0.1, -0.05) is 5.16 Å². The molecule has 0 unspecified atom stereocenters. The number of amides is 1. The summed E-state index contributed by atoms with van der Waals surface area (Å²) in [6.45, 7) is 2.67. The lowest BCUT2D eigenvalue weighted by Crippen LogP contribution is -2.29. The third-order valence-electron chi connectivity index (χ3n) is 3.31. The van der Waals surface area contributed by atoms with Crippen LogP contribution in [-0.2, 0) is 0 Å². The van der Waals surface area contributed by atoms with Gasteiger partial charge in [-0.05, 0) is 25.8 Å². The summed E-state index contributed by atoms with van der Waals surface area (Å²) in [6.07, 6.45) is 2.24. The van der Waals surface area contributed by atoms with Gasteiger partial charge in [-0.2, -0.15) is 0 Å². The summed E-state index contributed by atoms with van der Waals surface area (Å²) in [5.41, 5.74) is 8.04. The predicted octanol–water partition coefficient (Wildman–Crippen LogP) is 1.52. The normalized spacial score (nSPS) is 14.1. The second-order valence-corrected chi connectivity index (χ2v) is 4.86. The zero-order valence-electron chi connectivity index (χ0n) is 11.2. The molecule has 1 saturated carbocycles. The Bertz CT molecular complexity index is 637. The molecular formula is C13H17ClN4O2. The van der Waals surface area contributed by atoms with Crippen molar-refractivity contribution in [3.05, 3.63) is 23.0 Å². The number of rotatable bonds is 4. The van der Waals surface area contributed by atoms with Crippen LogP contribution in [-0.4, -0.2) is 29.1 Å². The minimum absolute atomic E-state index is 0. The first-order chi connectivity index (χ1) is 9.20. The standard InChI is InChI=1S/C13H16N4O2.ClH/c1-7-11-9(12(18)15-5-4-14)6-10(8-2-3-8)16-13(11)19-17-7;/h6,8H,2-5,14H2,1H3,(H,15,18);1H. The Labute approximate surface area is 122 Å². The topological polar surface area (TPSA) is 94.0 Å². The number of aryl methyl sites for hydroxylation is 1. The zero-order chi connectivity index (χ0) is 13.4. The summed E-state index contributed by atoms with van der Waals surface area (Å²) >= 11 is 0. The van der Waals surface area contributed by atoms with Crippen LogP contribution in [0.5, 0.6) is 0 Å². The maximum absolute atomic E-state index is 12.2. The molecule has 0 radical (unpaired) electrons. The van der Waals surface area contributed by atoms with E-state index < -0.39 is 0 Å². The number of aromatic nitrogens is 2. The van der Waals surface area contributed by atoms with E-state index in [9.17, 15) is 4.79 Å². The first-order valence-corrected chi connectivity index (χ1v) is 6.46. The summed E-state index contributed by atoms with van der Waals surface area (Å²) in [4.78, 5) is 16.6. The molecule has 1 fully saturated rings. The smallest absolute Gasteiger partial charge is 0.259 e. The molecule has 1 aliphatic rings. The average Bonchev–Trinajstić information content (AvgIpc) is 3.20. The van der Waals surface area contributed by atoms with Gasteiger partial charge in [0.2, 0.25) is 0 Å². The first kappa shape index (κ1) is 14.7. The molecule has 2 heterocycles. The Hall–Kier alpha value is -1.66. The van der Waals surface area contributed by atoms with Gasteiger partial charge in [-0.15, -0.1) is 12.4 Å². The molecule has 1 amide bonds. The molecule has 6 nitrogen and oxygen atoms in total. The van der Waals surface area contributed by atoms with Crippen LogP contribution in [0, 0.1) is 6.92 Å². The molecule has 3 N–H and O–H groups in total. The maximum atomic E-state index is 12.2. The molecule has 0 aliphatic heterocycles. The summed E-state index contributed by atoms with van der Waals surface area (Å²) in [7, 11) is 0. The number of pyridine rings is 1. The predicted molar refractivity (Wildman–Crippen MR) is 77.2 cm³/mol. The van der Waals surface area contributed by atoms with E-state index in [1.807, 2.05) is 13.0 Å². The molecule has 108 valence electrons. The van der Waals surface area contributed by atoms with Gasteiger partial charge in [0.15, 0.2) is 0 Å². The zero-order valence-corrected chi connectivity index (χ0v) is 12.0. The molecule has 0 spiro atoms. The number of carbonyl (C=O) groups excluding carboxylic acids is 1. The molecule has 20 heavy (non-hydrogen) atoms. The van der Waals surface area contributed by atoms with Gasteiger partial charge >= 0.3 is 0 Å². The molecule has 7 heteroatoms. The molecule has 0 saturated heterocycles. The van der Waals surface area contributed by atoms with Crippen molar-refractivity contribution in [2.24, 2.45) is 5.73 Å². The van der Waals surface area contributed by atoms with Crippen molar-refractivity contribution in [1.82, 2.24) is 15.5 Å². The monoisotopic (exact) mass is 296 g/mol. The Balaban J connectivity index is 0.00000147. The van der Waals surface area contributed by atoms with E-state index in [2.05, 4.69) is 15.5 Å². The van der Waals surface area contributed by atoms with Crippen molar-refractivity contribution in [3.8, 4) is 0 Å². The van der Waals surface area contributed by atoms with Gasteiger partial charge in [-0.3, -0.25) is 4.79 Å². The van der Waals surface area contributed by atoms with E-state index in [4.69, 9.17) is 10.3 Å². The highest BCUT2D eigenvalue weighted by Crippen LogP contribution is 2.40. The van der Waals surface area contributed by atoms with E-state index in [1.165, 1.54) is 0 Å². The Morgan fingerprint density at radius 3 is 2.95 bits per heavy atom. The number of hydrogen-bond donors (Lipinski definition) is 2. The lowest BCUT2D eigenvalue weighted by molar-refractivity contribution is 0.0956. The second kappa shape index (κ2) is 5.76. The number of carbonyl (C=O) groups is 1. The van der Waals surface area contributed by atoms with E-state index in [1.54, 1.807) is 0 Å². The van der Waals surface area contributed by atoms with Crippen LogP contribution < -0.4 is 11.1 Å². The molecule has 0 aromatic carbocycles. The minimum Gasteiger partial charge on any atom is -0.351 e. The van der Waals surface area contributed by atoms with Crippen molar-refractivity contribution in [1.29, 1.82) is 0 Å². The van der Waals surface area contributed by atoms with Crippen LogP contribution >= 0.6 is 12.4 Å². The van der Waals surface area contributed by atoms with Gasteiger partial charge in [0.1, 0.15) is 0 Å². The second-order valence-electron chi connectivity index (χ2n) is 4.86. The van der Waals surface area contributed by atoms with E-state index in [0.717, 1.165) is 18.5 Å². The van der Waals surface area contributed by atoms with Gasteiger partial charge in [0.25, 0.3) is 11.6 Å². The van der Waals surface area contributed by atoms with Gasteiger partial charge in [-0.25, -0.2) is 4.98 Å². The highest BCUT2D eigenvalue weighted by molar-refractivity contribution is 6.06. The van der Waals surface area contributed by atoms with Crippen molar-refractivity contribution in [3.63, 3.8) is 0 Å². The molecule has 2 aromatic rings. The quantitative estimate of drug-likeness (QED) is 0.892.